The van der Waals surface area contributed by atoms with Crippen LogP contribution in [0.1, 0.15) is 19.8 Å². The van der Waals surface area contributed by atoms with Gasteiger partial charge in [-0.05, 0) is 37.9 Å². The van der Waals surface area contributed by atoms with Crippen LogP contribution in [0.25, 0.3) is 11.1 Å². The molecule has 1 N–H and O–H groups in total. The average Bonchev–Trinajstić information content (AvgIpc) is 2.49. The smallest absolute Gasteiger partial charge is 0.127 e. The van der Waals surface area contributed by atoms with E-state index >= 15 is 0 Å². The monoisotopic (exact) mass is 267 g/mol. The zero-order valence-corrected chi connectivity index (χ0v) is 11.9. The van der Waals surface area contributed by atoms with Gasteiger partial charge in [0.25, 0.3) is 0 Å². The van der Waals surface area contributed by atoms with Gasteiger partial charge in [-0.3, -0.25) is 0 Å². The molecule has 104 valence electrons. The van der Waals surface area contributed by atoms with E-state index in [-0.39, 0.29) is 0 Å². The molecule has 1 aliphatic rings. The van der Waals surface area contributed by atoms with Gasteiger partial charge in [-0.2, -0.15) is 0 Å². The molecule has 2 atom stereocenters. The average molecular weight is 267 g/mol. The van der Waals surface area contributed by atoms with Crippen molar-refractivity contribution in [2.45, 2.75) is 31.9 Å². The van der Waals surface area contributed by atoms with Crippen molar-refractivity contribution in [3.05, 3.63) is 54.6 Å². The number of hydrogen-bond acceptors (Lipinski definition) is 2. The standard InChI is InChI=1S/C18H21NO/c1-14-13-16(11-12-19-14)20-18-10-6-5-9-17(18)15-7-3-2-4-8-15/h2-10,14,16,19H,11-13H2,1H3. The highest BCUT2D eigenvalue weighted by molar-refractivity contribution is 5.70. The molecule has 0 bridgehead atoms. The van der Waals surface area contributed by atoms with E-state index in [4.69, 9.17) is 4.74 Å². The van der Waals surface area contributed by atoms with E-state index in [2.05, 4.69) is 54.7 Å². The highest BCUT2D eigenvalue weighted by atomic mass is 16.5. The van der Waals surface area contributed by atoms with Gasteiger partial charge in [0.1, 0.15) is 11.9 Å². The van der Waals surface area contributed by atoms with Crippen LogP contribution in [0.15, 0.2) is 54.6 Å². The summed E-state index contributed by atoms with van der Waals surface area (Å²) >= 11 is 0. The molecule has 1 aliphatic heterocycles. The number of piperidine rings is 1. The van der Waals surface area contributed by atoms with Gasteiger partial charge in [0.15, 0.2) is 0 Å². The molecule has 1 heterocycles. The summed E-state index contributed by atoms with van der Waals surface area (Å²) in [5.41, 5.74) is 2.39. The molecule has 2 unspecified atom stereocenters. The maximum absolute atomic E-state index is 6.27. The number of hydrogen-bond donors (Lipinski definition) is 1. The number of nitrogens with one attached hydrogen (secondary N) is 1. The molecule has 2 aromatic rings. The molecule has 0 amide bonds. The summed E-state index contributed by atoms with van der Waals surface area (Å²) in [5.74, 6) is 0.998. The van der Waals surface area contributed by atoms with Crippen molar-refractivity contribution in [3.8, 4) is 16.9 Å². The highest BCUT2D eigenvalue weighted by Gasteiger charge is 2.20. The Balaban J connectivity index is 1.83. The molecule has 0 spiro atoms. The lowest BCUT2D eigenvalue weighted by atomic mass is 10.0. The minimum atomic E-state index is 0.316. The lowest BCUT2D eigenvalue weighted by molar-refractivity contribution is 0.144. The molecule has 0 saturated carbocycles. The van der Waals surface area contributed by atoms with Crippen LogP contribution in [0, 0.1) is 0 Å². The van der Waals surface area contributed by atoms with Crippen molar-refractivity contribution >= 4 is 0 Å². The zero-order chi connectivity index (χ0) is 13.8. The maximum Gasteiger partial charge on any atom is 0.127 e. The van der Waals surface area contributed by atoms with Crippen molar-refractivity contribution in [1.82, 2.24) is 5.32 Å². The first kappa shape index (κ1) is 13.2. The van der Waals surface area contributed by atoms with Crippen LogP contribution in [-0.2, 0) is 0 Å². The third-order valence-electron chi connectivity index (χ3n) is 3.84. The van der Waals surface area contributed by atoms with Crippen molar-refractivity contribution in [3.63, 3.8) is 0 Å². The van der Waals surface area contributed by atoms with Crippen LogP contribution in [0.4, 0.5) is 0 Å². The van der Waals surface area contributed by atoms with Gasteiger partial charge in [-0.15, -0.1) is 0 Å². The van der Waals surface area contributed by atoms with Gasteiger partial charge in [-0.1, -0.05) is 48.5 Å². The molecule has 1 saturated heterocycles. The molecule has 1 fully saturated rings. The first-order chi connectivity index (χ1) is 9.83. The van der Waals surface area contributed by atoms with Crippen LogP contribution in [0.3, 0.4) is 0 Å². The molecule has 3 rings (SSSR count). The summed E-state index contributed by atoms with van der Waals surface area (Å²) in [6.07, 6.45) is 2.47. The Hall–Kier alpha value is -1.80. The van der Waals surface area contributed by atoms with Gasteiger partial charge in [0.05, 0.1) is 0 Å². The summed E-state index contributed by atoms with van der Waals surface area (Å²) in [4.78, 5) is 0. The zero-order valence-electron chi connectivity index (χ0n) is 11.9. The van der Waals surface area contributed by atoms with Crippen molar-refractivity contribution < 1.29 is 4.74 Å². The first-order valence-corrected chi connectivity index (χ1v) is 7.37. The molecular formula is C18H21NO. The molecule has 2 heteroatoms. The topological polar surface area (TPSA) is 21.3 Å². The van der Waals surface area contributed by atoms with Crippen LogP contribution in [-0.4, -0.2) is 18.7 Å². The number of ether oxygens (including phenoxy) is 1. The Kier molecular flexibility index (Phi) is 4.03. The fourth-order valence-electron chi connectivity index (χ4n) is 2.80. The van der Waals surface area contributed by atoms with Crippen LogP contribution >= 0.6 is 0 Å². The van der Waals surface area contributed by atoms with Gasteiger partial charge < -0.3 is 10.1 Å². The van der Waals surface area contributed by atoms with Crippen LogP contribution in [0.5, 0.6) is 5.75 Å². The summed E-state index contributed by atoms with van der Waals surface area (Å²) in [6.45, 7) is 3.26. The molecule has 2 nitrogen and oxygen atoms in total. The van der Waals surface area contributed by atoms with Gasteiger partial charge in [0, 0.05) is 11.6 Å². The lowest BCUT2D eigenvalue weighted by Crippen LogP contribution is -2.40. The molecular weight excluding hydrogens is 246 g/mol. The molecule has 2 aromatic carbocycles. The molecule has 20 heavy (non-hydrogen) atoms. The minimum Gasteiger partial charge on any atom is -0.490 e. The largest absolute Gasteiger partial charge is 0.490 e. The van der Waals surface area contributed by atoms with E-state index < -0.39 is 0 Å². The van der Waals surface area contributed by atoms with Gasteiger partial charge >= 0.3 is 0 Å². The van der Waals surface area contributed by atoms with E-state index in [0.717, 1.165) is 25.1 Å². The first-order valence-electron chi connectivity index (χ1n) is 7.37. The van der Waals surface area contributed by atoms with Gasteiger partial charge in [0.2, 0.25) is 0 Å². The van der Waals surface area contributed by atoms with E-state index in [9.17, 15) is 0 Å². The number of rotatable bonds is 3. The Morgan fingerprint density at radius 2 is 1.75 bits per heavy atom. The van der Waals surface area contributed by atoms with Crippen molar-refractivity contribution in [2.75, 3.05) is 6.54 Å². The third-order valence-corrected chi connectivity index (χ3v) is 3.84. The highest BCUT2D eigenvalue weighted by Crippen LogP contribution is 2.31. The quantitative estimate of drug-likeness (QED) is 0.911. The Morgan fingerprint density at radius 3 is 2.55 bits per heavy atom. The SMILES string of the molecule is CC1CC(Oc2ccccc2-c2ccccc2)CCN1. The van der Waals surface area contributed by atoms with E-state index in [1.54, 1.807) is 0 Å². The van der Waals surface area contributed by atoms with Crippen molar-refractivity contribution in [1.29, 1.82) is 0 Å². The van der Waals surface area contributed by atoms with E-state index in [0.29, 0.717) is 12.1 Å². The predicted octanol–water partition coefficient (Wildman–Crippen LogP) is 3.87. The summed E-state index contributed by atoms with van der Waals surface area (Å²) in [7, 11) is 0. The van der Waals surface area contributed by atoms with E-state index in [1.807, 2.05) is 12.1 Å². The molecule has 0 aliphatic carbocycles. The molecule has 0 radical (unpaired) electrons. The number of benzene rings is 2. The Labute approximate surface area is 120 Å². The fourth-order valence-corrected chi connectivity index (χ4v) is 2.80. The fraction of sp³-hybridized carbons (Fsp3) is 0.333. The second-order valence-corrected chi connectivity index (χ2v) is 5.48. The predicted molar refractivity (Wildman–Crippen MR) is 83.0 cm³/mol. The van der Waals surface area contributed by atoms with Crippen LogP contribution in [0.2, 0.25) is 0 Å². The molecule has 0 aromatic heterocycles. The van der Waals surface area contributed by atoms with Crippen molar-refractivity contribution in [2.24, 2.45) is 0 Å². The van der Waals surface area contributed by atoms with E-state index in [1.165, 1.54) is 11.1 Å². The van der Waals surface area contributed by atoms with Gasteiger partial charge in [-0.25, -0.2) is 0 Å². The second kappa shape index (κ2) is 6.10. The Bertz CT molecular complexity index is 552. The maximum atomic E-state index is 6.27. The number of para-hydroxylation sites is 1. The third kappa shape index (κ3) is 3.02. The normalized spacial score (nSPS) is 22.4. The summed E-state index contributed by atoms with van der Waals surface area (Å²) in [5, 5.41) is 3.46. The summed E-state index contributed by atoms with van der Waals surface area (Å²) < 4.78 is 6.27. The van der Waals surface area contributed by atoms with Crippen LogP contribution < -0.4 is 10.1 Å². The Morgan fingerprint density at radius 1 is 1.00 bits per heavy atom. The minimum absolute atomic E-state index is 0.316. The summed E-state index contributed by atoms with van der Waals surface area (Å²) in [6, 6.07) is 19.3. The lowest BCUT2D eigenvalue weighted by Gasteiger charge is -2.29. The second-order valence-electron chi connectivity index (χ2n) is 5.48.